The molecule has 0 fully saturated rings. The highest BCUT2D eigenvalue weighted by atomic mass is 79.9. The van der Waals surface area contributed by atoms with Crippen LogP contribution in [0.15, 0.2) is 12.1 Å². The van der Waals surface area contributed by atoms with Gasteiger partial charge in [-0.3, -0.25) is 0 Å². The molecule has 2 N–H and O–H groups in total. The molecule has 2 nitrogen and oxygen atoms in total. The molecule has 100 valence electrons. The molecule has 1 heterocycles. The molecule has 2 rings (SSSR count). The Morgan fingerprint density at radius 3 is 2.56 bits per heavy atom. The highest BCUT2D eigenvalue weighted by Crippen LogP contribution is 2.46. The second-order valence-corrected chi connectivity index (χ2v) is 6.72. The highest BCUT2D eigenvalue weighted by Gasteiger charge is 2.26. The Balaban J connectivity index is 2.47. The van der Waals surface area contributed by atoms with Crippen molar-refractivity contribution in [1.82, 2.24) is 0 Å². The molecule has 0 aliphatic carbocycles. The minimum absolute atomic E-state index is 0.00236. The standard InChI is InChI=1S/C14H19BrO2S/c1-2-3-9-4-5-18-14(8-15)11-7-13(17)12(16)6-10(9)11/h6-7,9,14,16-17H,2-5,8H2,1H3. The van der Waals surface area contributed by atoms with Gasteiger partial charge < -0.3 is 10.2 Å². The van der Waals surface area contributed by atoms with Gasteiger partial charge in [0.25, 0.3) is 0 Å². The van der Waals surface area contributed by atoms with Crippen LogP contribution >= 0.6 is 27.7 Å². The Bertz CT molecular complexity index is 423. The zero-order chi connectivity index (χ0) is 13.1. The lowest BCUT2D eigenvalue weighted by atomic mass is 9.87. The number of benzene rings is 1. The lowest BCUT2D eigenvalue weighted by Gasteiger charge is -2.19. The zero-order valence-corrected chi connectivity index (χ0v) is 12.9. The van der Waals surface area contributed by atoms with Crippen molar-refractivity contribution >= 4 is 27.7 Å². The number of halogens is 1. The normalized spacial score (nSPS) is 23.4. The topological polar surface area (TPSA) is 40.5 Å². The van der Waals surface area contributed by atoms with Gasteiger partial charge in [0.05, 0.1) is 0 Å². The minimum Gasteiger partial charge on any atom is -0.504 e. The second-order valence-electron chi connectivity index (χ2n) is 4.76. The average Bonchev–Trinajstić information content (AvgIpc) is 2.51. The van der Waals surface area contributed by atoms with Gasteiger partial charge in [0.15, 0.2) is 11.5 Å². The van der Waals surface area contributed by atoms with Crippen LogP contribution in [-0.4, -0.2) is 21.3 Å². The van der Waals surface area contributed by atoms with E-state index in [1.54, 1.807) is 12.1 Å². The largest absolute Gasteiger partial charge is 0.504 e. The molecule has 1 aromatic carbocycles. The Hall–Kier alpha value is -0.350. The molecule has 0 saturated carbocycles. The van der Waals surface area contributed by atoms with Gasteiger partial charge in [-0.2, -0.15) is 11.8 Å². The van der Waals surface area contributed by atoms with Gasteiger partial charge in [-0.15, -0.1) is 0 Å². The Kier molecular flexibility index (Phi) is 4.84. The number of hydrogen-bond acceptors (Lipinski definition) is 3. The summed E-state index contributed by atoms with van der Waals surface area (Å²) in [4.78, 5) is 0. The van der Waals surface area contributed by atoms with Crippen LogP contribution in [0.3, 0.4) is 0 Å². The van der Waals surface area contributed by atoms with Crippen LogP contribution in [0.2, 0.25) is 0 Å². The van der Waals surface area contributed by atoms with Gasteiger partial charge in [0.2, 0.25) is 0 Å². The molecule has 0 bridgehead atoms. The minimum atomic E-state index is -0.00236. The van der Waals surface area contributed by atoms with Crippen LogP contribution in [0, 0.1) is 0 Å². The van der Waals surface area contributed by atoms with Crippen molar-refractivity contribution < 1.29 is 10.2 Å². The molecule has 1 aliphatic rings. The first-order chi connectivity index (χ1) is 8.67. The molecule has 1 aliphatic heterocycles. The fourth-order valence-corrected chi connectivity index (χ4v) is 4.70. The van der Waals surface area contributed by atoms with E-state index in [9.17, 15) is 10.2 Å². The molecule has 0 spiro atoms. The molecular formula is C14H19BrO2S. The number of thioether (sulfide) groups is 1. The van der Waals surface area contributed by atoms with Gasteiger partial charge in [-0.25, -0.2) is 0 Å². The Labute approximate surface area is 121 Å². The van der Waals surface area contributed by atoms with E-state index in [-0.39, 0.29) is 11.5 Å². The summed E-state index contributed by atoms with van der Waals surface area (Å²) in [7, 11) is 0. The van der Waals surface area contributed by atoms with Crippen molar-refractivity contribution in [3.05, 3.63) is 23.3 Å². The predicted molar refractivity (Wildman–Crippen MR) is 81.0 cm³/mol. The highest BCUT2D eigenvalue weighted by molar-refractivity contribution is 9.09. The molecule has 1 aromatic rings. The van der Waals surface area contributed by atoms with E-state index < -0.39 is 0 Å². The lowest BCUT2D eigenvalue weighted by molar-refractivity contribution is 0.401. The summed E-state index contributed by atoms with van der Waals surface area (Å²) >= 11 is 5.48. The first kappa shape index (κ1) is 14.1. The van der Waals surface area contributed by atoms with E-state index in [2.05, 4.69) is 22.9 Å². The van der Waals surface area contributed by atoms with E-state index in [1.165, 1.54) is 11.1 Å². The van der Waals surface area contributed by atoms with Crippen LogP contribution in [0.4, 0.5) is 0 Å². The first-order valence-electron chi connectivity index (χ1n) is 6.40. The van der Waals surface area contributed by atoms with Gasteiger partial charge in [-0.05, 0) is 47.8 Å². The van der Waals surface area contributed by atoms with Crippen molar-refractivity contribution in [1.29, 1.82) is 0 Å². The SMILES string of the molecule is CCCC1CCSC(CBr)c2cc(O)c(O)cc21. The zero-order valence-electron chi connectivity index (χ0n) is 10.5. The van der Waals surface area contributed by atoms with E-state index >= 15 is 0 Å². The average molecular weight is 331 g/mol. The van der Waals surface area contributed by atoms with E-state index in [4.69, 9.17) is 0 Å². The lowest BCUT2D eigenvalue weighted by Crippen LogP contribution is -2.03. The van der Waals surface area contributed by atoms with Gasteiger partial charge in [0, 0.05) is 10.6 Å². The molecule has 0 radical (unpaired) electrons. The summed E-state index contributed by atoms with van der Waals surface area (Å²) in [6, 6.07) is 3.52. The van der Waals surface area contributed by atoms with Crippen molar-refractivity contribution in [2.75, 3.05) is 11.1 Å². The summed E-state index contributed by atoms with van der Waals surface area (Å²) in [5.41, 5.74) is 2.41. The quantitative estimate of drug-likeness (QED) is 0.630. The van der Waals surface area contributed by atoms with Crippen molar-refractivity contribution in [2.24, 2.45) is 0 Å². The van der Waals surface area contributed by atoms with Crippen LogP contribution in [-0.2, 0) is 0 Å². The Morgan fingerprint density at radius 2 is 1.94 bits per heavy atom. The molecule has 2 unspecified atom stereocenters. The predicted octanol–water partition coefficient (Wildman–Crippen LogP) is 4.55. The molecule has 2 atom stereocenters. The molecule has 0 aromatic heterocycles. The van der Waals surface area contributed by atoms with Crippen molar-refractivity contribution in [3.8, 4) is 11.5 Å². The van der Waals surface area contributed by atoms with Crippen LogP contribution in [0.1, 0.15) is 48.5 Å². The van der Waals surface area contributed by atoms with Crippen LogP contribution < -0.4 is 0 Å². The fourth-order valence-electron chi connectivity index (χ4n) is 2.62. The van der Waals surface area contributed by atoms with E-state index in [0.29, 0.717) is 11.2 Å². The fraction of sp³-hybridized carbons (Fsp3) is 0.571. The van der Waals surface area contributed by atoms with Crippen LogP contribution in [0.5, 0.6) is 11.5 Å². The second kappa shape index (κ2) is 6.20. The number of hydrogen-bond donors (Lipinski definition) is 2. The maximum atomic E-state index is 9.74. The summed E-state index contributed by atoms with van der Waals surface area (Å²) in [5, 5.41) is 20.7. The number of alkyl halides is 1. The molecule has 0 amide bonds. The number of phenols is 2. The molecule has 18 heavy (non-hydrogen) atoms. The first-order valence-corrected chi connectivity index (χ1v) is 8.57. The van der Waals surface area contributed by atoms with Gasteiger partial charge in [0.1, 0.15) is 0 Å². The summed E-state index contributed by atoms with van der Waals surface area (Å²) in [6.45, 7) is 2.19. The van der Waals surface area contributed by atoms with Gasteiger partial charge >= 0.3 is 0 Å². The molecule has 0 saturated heterocycles. The van der Waals surface area contributed by atoms with Crippen LogP contribution in [0.25, 0.3) is 0 Å². The number of aromatic hydroxyl groups is 2. The number of fused-ring (bicyclic) bond motifs is 1. The Morgan fingerprint density at radius 1 is 1.28 bits per heavy atom. The van der Waals surface area contributed by atoms with Crippen molar-refractivity contribution in [3.63, 3.8) is 0 Å². The third kappa shape index (κ3) is 2.80. The third-order valence-electron chi connectivity index (χ3n) is 3.53. The monoisotopic (exact) mass is 330 g/mol. The van der Waals surface area contributed by atoms with E-state index in [0.717, 1.165) is 30.3 Å². The number of rotatable bonds is 3. The van der Waals surface area contributed by atoms with Gasteiger partial charge in [-0.1, -0.05) is 29.3 Å². The third-order valence-corrected chi connectivity index (χ3v) is 5.90. The summed E-state index contributed by atoms with van der Waals surface area (Å²) < 4.78 is 0. The summed E-state index contributed by atoms with van der Waals surface area (Å²) in [6.07, 6.45) is 3.45. The smallest absolute Gasteiger partial charge is 0.157 e. The maximum absolute atomic E-state index is 9.74. The maximum Gasteiger partial charge on any atom is 0.157 e. The number of phenolic OH excluding ortho intramolecular Hbond substituents is 2. The molecule has 4 heteroatoms. The van der Waals surface area contributed by atoms with E-state index in [1.807, 2.05) is 11.8 Å². The molecular weight excluding hydrogens is 312 g/mol. The van der Waals surface area contributed by atoms with Crippen molar-refractivity contribution in [2.45, 2.75) is 37.4 Å². The summed E-state index contributed by atoms with van der Waals surface area (Å²) in [5.74, 6) is 1.65.